The van der Waals surface area contributed by atoms with E-state index in [0.29, 0.717) is 0 Å². The lowest BCUT2D eigenvalue weighted by atomic mass is 10.2. The van der Waals surface area contributed by atoms with Crippen LogP contribution in [0.25, 0.3) is 0 Å². The van der Waals surface area contributed by atoms with E-state index < -0.39 is 19.0 Å². The first-order chi connectivity index (χ1) is 14.3. The summed E-state index contributed by atoms with van der Waals surface area (Å²) in [4.78, 5) is 4.81. The summed E-state index contributed by atoms with van der Waals surface area (Å²) in [7, 11) is -2.94. The van der Waals surface area contributed by atoms with Crippen LogP contribution in [0.3, 0.4) is 0 Å². The average Bonchev–Trinajstić information content (AvgIpc) is 2.80. The zero-order valence-corrected chi connectivity index (χ0v) is 18.0. The first kappa shape index (κ1) is 19.4. The first-order valence-electron chi connectivity index (χ1n) is 9.52. The molecule has 144 valence electrons. The largest absolute Gasteiger partial charge is 0.186 e. The molecule has 4 aromatic rings. The van der Waals surface area contributed by atoms with Crippen LogP contribution in [-0.4, -0.2) is 0 Å². The molecular formula is C26H23NS2. The molecule has 0 fully saturated rings. The molecule has 0 saturated carbocycles. The zero-order valence-electron chi connectivity index (χ0n) is 16.3. The molecule has 0 heterocycles. The Labute approximate surface area is 176 Å². The molecule has 1 nitrogen and oxygen atoms in total. The average molecular weight is 414 g/mol. The molecule has 0 N–H and O–H groups in total. The van der Waals surface area contributed by atoms with E-state index in [9.17, 15) is 5.26 Å². The van der Waals surface area contributed by atoms with Crippen LogP contribution in [0, 0.1) is 17.6 Å². The van der Waals surface area contributed by atoms with E-state index in [-0.39, 0.29) is 0 Å². The van der Waals surface area contributed by atoms with Crippen LogP contribution in [0.4, 0.5) is 0 Å². The van der Waals surface area contributed by atoms with Crippen LogP contribution in [0.2, 0.25) is 0 Å². The van der Waals surface area contributed by atoms with Gasteiger partial charge < -0.3 is 0 Å². The zero-order chi connectivity index (χ0) is 20.1. The molecule has 0 amide bonds. The van der Waals surface area contributed by atoms with E-state index in [1.165, 1.54) is 20.2 Å². The lowest BCUT2D eigenvalue weighted by Crippen LogP contribution is -2.04. The second kappa shape index (κ2) is 8.61. The van der Waals surface area contributed by atoms with Gasteiger partial charge in [-0.2, -0.15) is 5.26 Å². The molecule has 4 rings (SSSR count). The quantitative estimate of drug-likeness (QED) is 0.202. The van der Waals surface area contributed by atoms with Gasteiger partial charge in [0, 0.05) is 19.6 Å². The summed E-state index contributed by atoms with van der Waals surface area (Å²) in [6, 6.07) is 40.3. The SMILES string of the molecule is Cc1ccc([SH](C#N)S(c2ccccc2)(c2ccccc2)c2ccccc2)cc1. The Kier molecular flexibility index (Phi) is 5.76. The van der Waals surface area contributed by atoms with Crippen LogP contribution >= 0.6 is 19.0 Å². The van der Waals surface area contributed by atoms with E-state index in [2.05, 4.69) is 109 Å². The third-order valence-corrected chi connectivity index (χ3v) is 13.7. The summed E-state index contributed by atoms with van der Waals surface area (Å²) in [5.41, 5.74) is 1.21. The summed E-state index contributed by atoms with van der Waals surface area (Å²) in [6.45, 7) is 2.09. The van der Waals surface area contributed by atoms with Gasteiger partial charge in [0.25, 0.3) is 0 Å². The van der Waals surface area contributed by atoms with Crippen molar-refractivity contribution in [3.63, 3.8) is 0 Å². The molecule has 1 atom stereocenters. The van der Waals surface area contributed by atoms with Gasteiger partial charge in [-0.15, -0.1) is 9.06 Å². The molecule has 0 radical (unpaired) electrons. The standard InChI is InChI=1S/C26H23NS2/c1-22-17-19-23(20-18-22)28(21-27)29(24-11-5-2-6-12-24,25-13-7-3-8-14-25)26-15-9-4-10-16-26/h2-20,28H,1H3. The second-order valence-electron chi connectivity index (χ2n) is 6.75. The van der Waals surface area contributed by atoms with Gasteiger partial charge >= 0.3 is 0 Å². The Balaban J connectivity index is 2.10. The van der Waals surface area contributed by atoms with Crippen molar-refractivity contribution in [2.45, 2.75) is 26.5 Å². The molecule has 0 saturated heterocycles. The third-order valence-electron chi connectivity index (χ3n) is 4.89. The van der Waals surface area contributed by atoms with Crippen molar-refractivity contribution in [2.75, 3.05) is 0 Å². The lowest BCUT2D eigenvalue weighted by molar-refractivity contribution is 1.31. The highest BCUT2D eigenvalue weighted by Crippen LogP contribution is 2.84. The number of thiocyanates is 1. The monoisotopic (exact) mass is 413 g/mol. The van der Waals surface area contributed by atoms with Gasteiger partial charge in [0.2, 0.25) is 0 Å². The van der Waals surface area contributed by atoms with Crippen molar-refractivity contribution in [3.8, 4) is 5.40 Å². The maximum atomic E-state index is 10.6. The van der Waals surface area contributed by atoms with Gasteiger partial charge in [0.05, 0.1) is 0 Å². The Hall–Kier alpha value is -2.93. The number of nitriles is 1. The van der Waals surface area contributed by atoms with Crippen LogP contribution in [0.1, 0.15) is 5.56 Å². The molecule has 0 aromatic heterocycles. The second-order valence-corrected chi connectivity index (χ2v) is 13.4. The van der Waals surface area contributed by atoms with Gasteiger partial charge in [-0.25, -0.2) is 0 Å². The minimum Gasteiger partial charge on any atom is -0.186 e. The summed E-state index contributed by atoms with van der Waals surface area (Å²) >= 11 is 0. The van der Waals surface area contributed by atoms with E-state index in [1.807, 2.05) is 18.2 Å². The van der Waals surface area contributed by atoms with Crippen molar-refractivity contribution in [2.24, 2.45) is 0 Å². The van der Waals surface area contributed by atoms with Gasteiger partial charge in [-0.3, -0.25) is 0 Å². The molecule has 0 aliphatic heterocycles. The molecule has 4 aromatic carbocycles. The molecule has 3 heteroatoms. The molecule has 0 aliphatic rings. The number of benzene rings is 4. The number of hydrogen-bond acceptors (Lipinski definition) is 1. The predicted molar refractivity (Wildman–Crippen MR) is 126 cm³/mol. The van der Waals surface area contributed by atoms with E-state index in [1.54, 1.807) is 0 Å². The fraction of sp³-hybridized carbons (Fsp3) is 0.0385. The Bertz CT molecular complexity index is 1010. The lowest BCUT2D eigenvalue weighted by Gasteiger charge is -2.46. The minimum atomic E-state index is -1.79. The number of thiol groups is 1. The van der Waals surface area contributed by atoms with Crippen molar-refractivity contribution in [3.05, 3.63) is 121 Å². The summed E-state index contributed by atoms with van der Waals surface area (Å²) in [5, 5.41) is 13.3. The summed E-state index contributed by atoms with van der Waals surface area (Å²) in [5.74, 6) is 0. The fourth-order valence-electron chi connectivity index (χ4n) is 3.53. The molecule has 0 aliphatic carbocycles. The van der Waals surface area contributed by atoms with Crippen molar-refractivity contribution in [1.29, 1.82) is 5.26 Å². The van der Waals surface area contributed by atoms with Crippen LogP contribution in [-0.2, 0) is 0 Å². The molecule has 29 heavy (non-hydrogen) atoms. The summed E-state index contributed by atoms with van der Waals surface area (Å²) < 4.78 is 0. The third kappa shape index (κ3) is 3.58. The minimum absolute atomic E-state index is 1.12. The molecular weight excluding hydrogens is 390 g/mol. The van der Waals surface area contributed by atoms with Crippen LogP contribution in [0.15, 0.2) is 135 Å². The maximum Gasteiger partial charge on any atom is 0.124 e. The Morgan fingerprint density at radius 1 is 0.586 bits per heavy atom. The number of hydrogen-bond donors (Lipinski definition) is 1. The first-order valence-corrected chi connectivity index (χ1v) is 13.1. The maximum absolute atomic E-state index is 10.6. The van der Waals surface area contributed by atoms with Crippen LogP contribution in [0.5, 0.6) is 0 Å². The highest BCUT2D eigenvalue weighted by Gasteiger charge is 2.37. The van der Waals surface area contributed by atoms with Gasteiger partial charge in [0.1, 0.15) is 5.40 Å². The Morgan fingerprint density at radius 3 is 1.31 bits per heavy atom. The Morgan fingerprint density at radius 2 is 0.966 bits per heavy atom. The smallest absolute Gasteiger partial charge is 0.124 e. The predicted octanol–water partition coefficient (Wildman–Crippen LogP) is 7.73. The van der Waals surface area contributed by atoms with Crippen molar-refractivity contribution >= 4 is 19.0 Å². The van der Waals surface area contributed by atoms with Crippen molar-refractivity contribution < 1.29 is 0 Å². The highest BCUT2D eigenvalue weighted by molar-refractivity contribution is 9.02. The van der Waals surface area contributed by atoms with Gasteiger partial charge in [0.15, 0.2) is 0 Å². The van der Waals surface area contributed by atoms with Crippen molar-refractivity contribution in [1.82, 2.24) is 0 Å². The van der Waals surface area contributed by atoms with Gasteiger partial charge in [-0.1, -0.05) is 82.2 Å². The van der Waals surface area contributed by atoms with E-state index in [0.717, 1.165) is 4.90 Å². The number of rotatable bonds is 5. The molecule has 1 unspecified atom stereocenters. The van der Waals surface area contributed by atoms with Crippen LogP contribution < -0.4 is 0 Å². The number of aryl methyl sites for hydroxylation is 1. The number of nitrogens with zero attached hydrogens (tertiary/aromatic N) is 1. The highest BCUT2D eigenvalue weighted by atomic mass is 33.2. The molecule has 0 spiro atoms. The normalized spacial score (nSPS) is 13.3. The van der Waals surface area contributed by atoms with E-state index in [4.69, 9.17) is 0 Å². The fourth-order valence-corrected chi connectivity index (χ4v) is 12.3. The summed E-state index contributed by atoms with van der Waals surface area (Å²) in [6.07, 6.45) is 0. The molecule has 0 bridgehead atoms. The van der Waals surface area contributed by atoms with E-state index >= 15 is 0 Å². The topological polar surface area (TPSA) is 23.8 Å². The van der Waals surface area contributed by atoms with Gasteiger partial charge in [-0.05, 0) is 55.5 Å².